The molecule has 104 valence electrons. The van der Waals surface area contributed by atoms with Crippen molar-refractivity contribution < 1.29 is 4.74 Å². The summed E-state index contributed by atoms with van der Waals surface area (Å²) < 4.78 is 5.27. The molecule has 1 aromatic heterocycles. The van der Waals surface area contributed by atoms with Gasteiger partial charge >= 0.3 is 0 Å². The molecule has 0 saturated heterocycles. The van der Waals surface area contributed by atoms with E-state index in [0.29, 0.717) is 11.8 Å². The number of aromatic nitrogens is 2. The Bertz CT molecular complexity index is 582. The van der Waals surface area contributed by atoms with Crippen LogP contribution in [-0.2, 0) is 0 Å². The van der Waals surface area contributed by atoms with E-state index in [9.17, 15) is 0 Å². The molecule has 0 bridgehead atoms. The summed E-state index contributed by atoms with van der Waals surface area (Å²) in [6.07, 6.45) is 2.36. The van der Waals surface area contributed by atoms with Gasteiger partial charge in [-0.2, -0.15) is 4.98 Å². The van der Waals surface area contributed by atoms with Crippen molar-refractivity contribution in [1.82, 2.24) is 9.97 Å². The highest BCUT2D eigenvalue weighted by Crippen LogP contribution is 2.39. The Morgan fingerprint density at radius 2 is 1.95 bits per heavy atom. The smallest absolute Gasteiger partial charge is 0.218 e. The molecule has 1 saturated carbocycles. The maximum Gasteiger partial charge on any atom is 0.218 e. The molecule has 4 heteroatoms. The monoisotopic (exact) mass is 269 g/mol. The zero-order chi connectivity index (χ0) is 13.9. The molecule has 0 spiro atoms. The first kappa shape index (κ1) is 12.9. The fourth-order valence-corrected chi connectivity index (χ4v) is 2.19. The summed E-state index contributed by atoms with van der Waals surface area (Å²) in [5, 5.41) is 3.42. The van der Waals surface area contributed by atoms with Gasteiger partial charge in [-0.05, 0) is 25.3 Å². The standard InChI is InChI=1S/C16H19N3O/c1-11(12-6-4-3-5-7-12)17-14-10-15(20-2)19-16(18-14)13-8-9-13/h3-7,10-11,13H,8-9H2,1-2H3,(H,17,18,19). The zero-order valence-electron chi connectivity index (χ0n) is 11.8. The lowest BCUT2D eigenvalue weighted by atomic mass is 10.1. The molecule has 1 aliphatic carbocycles. The molecule has 1 N–H and O–H groups in total. The van der Waals surface area contributed by atoms with Crippen molar-refractivity contribution in [1.29, 1.82) is 0 Å². The van der Waals surface area contributed by atoms with Crippen LogP contribution in [0.5, 0.6) is 5.88 Å². The molecule has 1 aromatic carbocycles. The highest BCUT2D eigenvalue weighted by molar-refractivity contribution is 5.42. The minimum atomic E-state index is 0.197. The molecule has 0 radical (unpaired) electrons. The van der Waals surface area contributed by atoms with Crippen LogP contribution in [0.2, 0.25) is 0 Å². The lowest BCUT2D eigenvalue weighted by molar-refractivity contribution is 0.395. The predicted octanol–water partition coefficient (Wildman–Crippen LogP) is 3.54. The zero-order valence-corrected chi connectivity index (χ0v) is 11.8. The Balaban J connectivity index is 1.81. The van der Waals surface area contributed by atoms with Crippen molar-refractivity contribution in [3.8, 4) is 5.88 Å². The average molecular weight is 269 g/mol. The third-order valence-corrected chi connectivity index (χ3v) is 3.54. The van der Waals surface area contributed by atoms with Crippen LogP contribution in [-0.4, -0.2) is 17.1 Å². The summed E-state index contributed by atoms with van der Waals surface area (Å²) in [6, 6.07) is 12.4. The van der Waals surface area contributed by atoms with Crippen molar-refractivity contribution in [2.24, 2.45) is 0 Å². The van der Waals surface area contributed by atoms with E-state index >= 15 is 0 Å². The highest BCUT2D eigenvalue weighted by Gasteiger charge is 2.27. The van der Waals surface area contributed by atoms with Crippen LogP contribution in [0.15, 0.2) is 36.4 Å². The van der Waals surface area contributed by atoms with Gasteiger partial charge in [-0.15, -0.1) is 0 Å². The van der Waals surface area contributed by atoms with Gasteiger partial charge in [0.2, 0.25) is 5.88 Å². The Hall–Kier alpha value is -2.10. The first-order chi connectivity index (χ1) is 9.76. The molecule has 20 heavy (non-hydrogen) atoms. The minimum absolute atomic E-state index is 0.197. The van der Waals surface area contributed by atoms with Gasteiger partial charge in [0.05, 0.1) is 7.11 Å². The van der Waals surface area contributed by atoms with E-state index in [0.717, 1.165) is 11.6 Å². The summed E-state index contributed by atoms with van der Waals surface area (Å²) in [6.45, 7) is 2.13. The molecule has 1 atom stereocenters. The minimum Gasteiger partial charge on any atom is -0.481 e. The second-order valence-corrected chi connectivity index (χ2v) is 5.20. The Labute approximate surface area is 119 Å². The van der Waals surface area contributed by atoms with Crippen molar-refractivity contribution in [3.63, 3.8) is 0 Å². The van der Waals surface area contributed by atoms with Crippen LogP contribution in [0.3, 0.4) is 0 Å². The maximum atomic E-state index is 5.27. The summed E-state index contributed by atoms with van der Waals surface area (Å²) in [4.78, 5) is 9.03. The number of benzene rings is 1. The molecular weight excluding hydrogens is 250 g/mol. The quantitative estimate of drug-likeness (QED) is 0.902. The Kier molecular flexibility index (Phi) is 3.54. The third kappa shape index (κ3) is 2.90. The SMILES string of the molecule is COc1cc(NC(C)c2ccccc2)nc(C2CC2)n1. The number of methoxy groups -OCH3 is 1. The molecule has 1 aliphatic rings. The van der Waals surface area contributed by atoms with Crippen LogP contribution < -0.4 is 10.1 Å². The van der Waals surface area contributed by atoms with Crippen LogP contribution in [0.25, 0.3) is 0 Å². The third-order valence-electron chi connectivity index (χ3n) is 3.54. The largest absolute Gasteiger partial charge is 0.481 e. The number of hydrogen-bond donors (Lipinski definition) is 1. The topological polar surface area (TPSA) is 47.0 Å². The van der Waals surface area contributed by atoms with E-state index in [1.807, 2.05) is 24.3 Å². The number of anilines is 1. The summed E-state index contributed by atoms with van der Waals surface area (Å²) >= 11 is 0. The first-order valence-electron chi connectivity index (χ1n) is 7.00. The second-order valence-electron chi connectivity index (χ2n) is 5.20. The number of nitrogens with zero attached hydrogens (tertiary/aromatic N) is 2. The lowest BCUT2D eigenvalue weighted by Gasteiger charge is -2.16. The molecular formula is C16H19N3O. The number of rotatable bonds is 5. The van der Waals surface area contributed by atoms with E-state index in [2.05, 4.69) is 34.3 Å². The van der Waals surface area contributed by atoms with Crippen molar-refractivity contribution in [2.45, 2.75) is 31.7 Å². The van der Waals surface area contributed by atoms with Gasteiger partial charge in [-0.1, -0.05) is 30.3 Å². The second kappa shape index (κ2) is 5.49. The molecule has 1 fully saturated rings. The van der Waals surface area contributed by atoms with Crippen LogP contribution in [0.4, 0.5) is 5.82 Å². The van der Waals surface area contributed by atoms with Crippen LogP contribution in [0.1, 0.15) is 43.1 Å². The van der Waals surface area contributed by atoms with Crippen molar-refractivity contribution >= 4 is 5.82 Å². The van der Waals surface area contributed by atoms with E-state index in [1.165, 1.54) is 18.4 Å². The molecule has 0 amide bonds. The molecule has 4 nitrogen and oxygen atoms in total. The molecule has 1 heterocycles. The molecule has 3 rings (SSSR count). The van der Waals surface area contributed by atoms with Crippen LogP contribution >= 0.6 is 0 Å². The molecule has 2 aromatic rings. The van der Waals surface area contributed by atoms with E-state index < -0.39 is 0 Å². The van der Waals surface area contributed by atoms with Gasteiger partial charge in [0.25, 0.3) is 0 Å². The van der Waals surface area contributed by atoms with Gasteiger partial charge in [0.15, 0.2) is 0 Å². The van der Waals surface area contributed by atoms with E-state index in [1.54, 1.807) is 7.11 Å². The van der Waals surface area contributed by atoms with Gasteiger partial charge in [0, 0.05) is 18.0 Å². The van der Waals surface area contributed by atoms with E-state index in [4.69, 9.17) is 4.74 Å². The van der Waals surface area contributed by atoms with Crippen molar-refractivity contribution in [2.75, 3.05) is 12.4 Å². The van der Waals surface area contributed by atoms with Gasteiger partial charge < -0.3 is 10.1 Å². The maximum absolute atomic E-state index is 5.27. The van der Waals surface area contributed by atoms with Gasteiger partial charge in [-0.3, -0.25) is 0 Å². The van der Waals surface area contributed by atoms with Gasteiger partial charge in [0.1, 0.15) is 11.6 Å². The number of nitrogens with one attached hydrogen (secondary N) is 1. The van der Waals surface area contributed by atoms with E-state index in [-0.39, 0.29) is 6.04 Å². The summed E-state index contributed by atoms with van der Waals surface area (Å²) in [7, 11) is 1.64. The molecule has 1 unspecified atom stereocenters. The number of hydrogen-bond acceptors (Lipinski definition) is 4. The average Bonchev–Trinajstić information content (AvgIpc) is 3.32. The first-order valence-corrected chi connectivity index (χ1v) is 7.00. The fraction of sp³-hybridized carbons (Fsp3) is 0.375. The predicted molar refractivity (Wildman–Crippen MR) is 79.0 cm³/mol. The Morgan fingerprint density at radius 3 is 2.60 bits per heavy atom. The van der Waals surface area contributed by atoms with Gasteiger partial charge in [-0.25, -0.2) is 4.98 Å². The summed E-state index contributed by atoms with van der Waals surface area (Å²) in [5.74, 6) is 2.87. The molecule has 0 aliphatic heterocycles. The lowest BCUT2D eigenvalue weighted by Crippen LogP contribution is -2.09. The Morgan fingerprint density at radius 1 is 1.20 bits per heavy atom. The summed E-state index contributed by atoms with van der Waals surface area (Å²) in [5.41, 5.74) is 1.23. The van der Waals surface area contributed by atoms with Crippen LogP contribution in [0, 0.1) is 0 Å². The van der Waals surface area contributed by atoms with Crippen molar-refractivity contribution in [3.05, 3.63) is 47.8 Å². The normalized spacial score (nSPS) is 15.7. The highest BCUT2D eigenvalue weighted by atomic mass is 16.5. The fourth-order valence-electron chi connectivity index (χ4n) is 2.19. The number of ether oxygens (including phenoxy) is 1.